The van der Waals surface area contributed by atoms with E-state index in [9.17, 15) is 15.4 Å². The highest BCUT2D eigenvalue weighted by atomic mass is 79.9. The van der Waals surface area contributed by atoms with Gasteiger partial charge in [-0.05, 0) is 58.3 Å². The molecule has 6 nitrogen and oxygen atoms in total. The highest BCUT2D eigenvalue weighted by Gasteiger charge is 2.13. The van der Waals surface area contributed by atoms with Gasteiger partial charge in [-0.2, -0.15) is 5.26 Å². The minimum absolute atomic E-state index is 0.0544. The van der Waals surface area contributed by atoms with Crippen LogP contribution in [0.25, 0.3) is 22.7 Å². The molecule has 3 rings (SSSR count). The van der Waals surface area contributed by atoms with Crippen molar-refractivity contribution in [3.05, 3.63) is 67.9 Å². The second kappa shape index (κ2) is 6.26. The lowest BCUT2D eigenvalue weighted by Gasteiger charge is -1.99. The number of nitro groups is 1. The van der Waals surface area contributed by atoms with Gasteiger partial charge in [0.25, 0.3) is 5.69 Å². The van der Waals surface area contributed by atoms with E-state index in [1.165, 1.54) is 6.07 Å². The lowest BCUT2D eigenvalue weighted by molar-refractivity contribution is -0.385. The van der Waals surface area contributed by atoms with E-state index in [1.54, 1.807) is 18.2 Å². The van der Waals surface area contributed by atoms with Gasteiger partial charge in [0.15, 0.2) is 0 Å². The first-order chi connectivity index (χ1) is 11.5. The lowest BCUT2D eigenvalue weighted by atomic mass is 10.1. The van der Waals surface area contributed by atoms with Gasteiger partial charge in [0.1, 0.15) is 11.9 Å². The monoisotopic (exact) mass is 382 g/mol. The molecule has 0 fully saturated rings. The Bertz CT molecular complexity index is 1030. The third-order valence-corrected chi connectivity index (χ3v) is 4.16. The second-order valence-corrected chi connectivity index (χ2v) is 6.10. The molecule has 0 aliphatic rings. The van der Waals surface area contributed by atoms with Crippen LogP contribution >= 0.6 is 15.9 Å². The lowest BCUT2D eigenvalue weighted by Crippen LogP contribution is -1.90. The number of nitriles is 1. The van der Waals surface area contributed by atoms with E-state index >= 15 is 0 Å². The number of hydrogen-bond acceptors (Lipinski definition) is 4. The third-order valence-electron chi connectivity index (χ3n) is 3.49. The molecular weight excluding hydrogens is 372 g/mol. The standard InChI is InChI=1S/C17H11BrN4O2/c1-10-2-5-14-15(6-10)21-17(20-14)12(9-19)7-11-3-4-13(18)16(8-11)22(23)24/h2-8H,1H3,(H,20,21). The molecule has 2 aromatic carbocycles. The van der Waals surface area contributed by atoms with Gasteiger partial charge in [-0.3, -0.25) is 10.1 Å². The molecule has 24 heavy (non-hydrogen) atoms. The van der Waals surface area contributed by atoms with Crippen LogP contribution < -0.4 is 0 Å². The molecule has 3 aromatic rings. The van der Waals surface area contributed by atoms with Crippen LogP contribution in [0.4, 0.5) is 5.69 Å². The number of nitrogens with zero attached hydrogens (tertiary/aromatic N) is 3. The van der Waals surface area contributed by atoms with Gasteiger partial charge in [-0.1, -0.05) is 12.1 Å². The van der Waals surface area contributed by atoms with Crippen LogP contribution in [-0.2, 0) is 0 Å². The number of aromatic amines is 1. The first-order valence-corrected chi connectivity index (χ1v) is 7.79. The van der Waals surface area contributed by atoms with Crippen molar-refractivity contribution in [1.29, 1.82) is 5.26 Å². The summed E-state index contributed by atoms with van der Waals surface area (Å²) >= 11 is 3.14. The Morgan fingerprint density at radius 2 is 2.17 bits per heavy atom. The van der Waals surface area contributed by atoms with Crippen molar-refractivity contribution in [3.63, 3.8) is 0 Å². The first-order valence-electron chi connectivity index (χ1n) is 7.00. The van der Waals surface area contributed by atoms with E-state index in [0.29, 0.717) is 21.4 Å². The van der Waals surface area contributed by atoms with Crippen LogP contribution in [0.15, 0.2) is 40.9 Å². The molecule has 0 aliphatic carbocycles. The number of aromatic nitrogens is 2. The molecule has 1 aromatic heterocycles. The van der Waals surface area contributed by atoms with Gasteiger partial charge in [0.2, 0.25) is 0 Å². The summed E-state index contributed by atoms with van der Waals surface area (Å²) in [6.07, 6.45) is 1.57. The molecule has 0 aliphatic heterocycles. The number of halogens is 1. The predicted octanol–water partition coefficient (Wildman–Crippen LogP) is 4.61. The van der Waals surface area contributed by atoms with E-state index < -0.39 is 4.92 Å². The van der Waals surface area contributed by atoms with Gasteiger partial charge in [0.05, 0.1) is 26.0 Å². The van der Waals surface area contributed by atoms with E-state index in [-0.39, 0.29) is 5.69 Å². The summed E-state index contributed by atoms with van der Waals surface area (Å²) < 4.78 is 0.391. The Kier molecular flexibility index (Phi) is 4.15. The van der Waals surface area contributed by atoms with Crippen LogP contribution in [0.1, 0.15) is 17.0 Å². The van der Waals surface area contributed by atoms with Gasteiger partial charge < -0.3 is 4.98 Å². The summed E-state index contributed by atoms with van der Waals surface area (Å²) in [7, 11) is 0. The fourth-order valence-electron chi connectivity index (χ4n) is 2.33. The smallest absolute Gasteiger partial charge is 0.284 e. The Balaban J connectivity index is 2.07. The number of benzene rings is 2. The van der Waals surface area contributed by atoms with Gasteiger partial charge >= 0.3 is 0 Å². The van der Waals surface area contributed by atoms with Gasteiger partial charge in [0, 0.05) is 6.07 Å². The fraction of sp³-hybridized carbons (Fsp3) is 0.0588. The number of rotatable bonds is 3. The summed E-state index contributed by atoms with van der Waals surface area (Å²) in [5.41, 5.74) is 3.50. The Labute approximate surface area is 145 Å². The van der Waals surface area contributed by atoms with E-state index in [4.69, 9.17) is 0 Å². The number of nitrogens with one attached hydrogen (secondary N) is 1. The molecule has 1 N–H and O–H groups in total. The zero-order chi connectivity index (χ0) is 17.3. The van der Waals surface area contributed by atoms with Crippen LogP contribution in [-0.4, -0.2) is 14.9 Å². The van der Waals surface area contributed by atoms with E-state index in [2.05, 4.69) is 32.0 Å². The maximum Gasteiger partial charge on any atom is 0.284 e. The molecule has 7 heteroatoms. The van der Waals surface area contributed by atoms with Crippen LogP contribution in [0.3, 0.4) is 0 Å². The molecule has 1 heterocycles. The van der Waals surface area contributed by atoms with Crippen LogP contribution in [0.2, 0.25) is 0 Å². The summed E-state index contributed by atoms with van der Waals surface area (Å²) in [4.78, 5) is 18.1. The maximum absolute atomic E-state index is 11.0. The highest BCUT2D eigenvalue weighted by molar-refractivity contribution is 9.10. The largest absolute Gasteiger partial charge is 0.337 e. The molecule has 0 saturated heterocycles. The number of aryl methyl sites for hydroxylation is 1. The Hall–Kier alpha value is -2.98. The molecule has 0 atom stereocenters. The quantitative estimate of drug-likeness (QED) is 0.406. The molecular formula is C17H11BrN4O2. The van der Waals surface area contributed by atoms with Crippen molar-refractivity contribution in [3.8, 4) is 6.07 Å². The third kappa shape index (κ3) is 3.05. The summed E-state index contributed by atoms with van der Waals surface area (Å²) in [6.45, 7) is 1.97. The molecule has 118 valence electrons. The number of fused-ring (bicyclic) bond motifs is 1. The van der Waals surface area contributed by atoms with Crippen molar-refractivity contribution >= 4 is 44.3 Å². The second-order valence-electron chi connectivity index (χ2n) is 5.24. The van der Waals surface area contributed by atoms with Crippen molar-refractivity contribution < 1.29 is 4.92 Å². The number of H-pyrrole nitrogens is 1. The Morgan fingerprint density at radius 3 is 2.88 bits per heavy atom. The molecule has 0 unspecified atom stereocenters. The maximum atomic E-state index is 11.0. The number of nitro benzene ring substituents is 1. The predicted molar refractivity (Wildman–Crippen MR) is 95.1 cm³/mol. The number of imidazole rings is 1. The number of allylic oxidation sites excluding steroid dienone is 1. The number of hydrogen-bond donors (Lipinski definition) is 1. The normalized spacial score (nSPS) is 11.5. The van der Waals surface area contributed by atoms with Crippen molar-refractivity contribution in [2.75, 3.05) is 0 Å². The average molecular weight is 383 g/mol. The molecule has 0 amide bonds. The highest BCUT2D eigenvalue weighted by Crippen LogP contribution is 2.27. The zero-order valence-electron chi connectivity index (χ0n) is 12.6. The first kappa shape index (κ1) is 15.9. The van der Waals surface area contributed by atoms with Gasteiger partial charge in [-0.15, -0.1) is 0 Å². The van der Waals surface area contributed by atoms with E-state index in [0.717, 1.165) is 16.6 Å². The average Bonchev–Trinajstić information content (AvgIpc) is 2.96. The molecule has 0 bridgehead atoms. The van der Waals surface area contributed by atoms with Crippen LogP contribution in [0.5, 0.6) is 0 Å². The molecule has 0 saturated carbocycles. The minimum Gasteiger partial charge on any atom is -0.337 e. The van der Waals surface area contributed by atoms with Crippen LogP contribution in [0, 0.1) is 28.4 Å². The molecule has 0 radical (unpaired) electrons. The zero-order valence-corrected chi connectivity index (χ0v) is 14.2. The van der Waals surface area contributed by atoms with Crippen molar-refractivity contribution in [2.45, 2.75) is 6.92 Å². The minimum atomic E-state index is -0.475. The Morgan fingerprint density at radius 1 is 1.38 bits per heavy atom. The SMILES string of the molecule is Cc1ccc2nc(C(C#N)=Cc3ccc(Br)c([N+](=O)[O-])c3)[nH]c2c1. The van der Waals surface area contributed by atoms with E-state index in [1.807, 2.05) is 25.1 Å². The van der Waals surface area contributed by atoms with Crippen molar-refractivity contribution in [2.24, 2.45) is 0 Å². The topological polar surface area (TPSA) is 95.6 Å². The molecule has 0 spiro atoms. The fourth-order valence-corrected chi connectivity index (χ4v) is 2.72. The summed E-state index contributed by atoms with van der Waals surface area (Å²) in [5.74, 6) is 0.434. The van der Waals surface area contributed by atoms with Crippen molar-refractivity contribution in [1.82, 2.24) is 9.97 Å². The summed E-state index contributed by atoms with van der Waals surface area (Å²) in [6, 6.07) is 12.6. The summed E-state index contributed by atoms with van der Waals surface area (Å²) in [5, 5.41) is 20.5. The van der Waals surface area contributed by atoms with Gasteiger partial charge in [-0.25, -0.2) is 4.98 Å².